The van der Waals surface area contributed by atoms with Crippen molar-refractivity contribution < 1.29 is 0 Å². The molecular formula is C13H19N5S. The van der Waals surface area contributed by atoms with Crippen LogP contribution in [0.25, 0.3) is 0 Å². The molecule has 5 nitrogen and oxygen atoms in total. The fourth-order valence-corrected chi connectivity index (χ4v) is 2.72. The first-order valence-corrected chi connectivity index (χ1v) is 7.29. The third-order valence-corrected chi connectivity index (χ3v) is 3.94. The summed E-state index contributed by atoms with van der Waals surface area (Å²) in [6.07, 6.45) is 0. The predicted molar refractivity (Wildman–Crippen MR) is 77.2 cm³/mol. The number of hydrogen-bond acceptors (Lipinski definition) is 5. The van der Waals surface area contributed by atoms with E-state index in [-0.39, 0.29) is 0 Å². The number of thioether (sulfide) groups is 1. The van der Waals surface area contributed by atoms with E-state index in [1.807, 2.05) is 11.7 Å². The first kappa shape index (κ1) is 14.0. The zero-order valence-electron chi connectivity index (χ0n) is 11.6. The van der Waals surface area contributed by atoms with Gasteiger partial charge in [0.05, 0.1) is 6.54 Å². The van der Waals surface area contributed by atoms with Crippen molar-refractivity contribution >= 4 is 11.8 Å². The van der Waals surface area contributed by atoms with Gasteiger partial charge in [0.1, 0.15) is 0 Å². The van der Waals surface area contributed by atoms with Gasteiger partial charge in [0.25, 0.3) is 0 Å². The minimum atomic E-state index is 0.790. The van der Waals surface area contributed by atoms with E-state index in [2.05, 4.69) is 52.9 Å². The summed E-state index contributed by atoms with van der Waals surface area (Å²) in [6.45, 7) is 5.91. The smallest absolute Gasteiger partial charge is 0.209 e. The van der Waals surface area contributed by atoms with E-state index >= 15 is 0 Å². The van der Waals surface area contributed by atoms with Crippen molar-refractivity contribution in [2.45, 2.75) is 31.3 Å². The van der Waals surface area contributed by atoms with Gasteiger partial charge in [-0.3, -0.25) is 0 Å². The molecule has 1 N–H and O–H groups in total. The van der Waals surface area contributed by atoms with Gasteiger partial charge in [-0.25, -0.2) is 4.68 Å². The van der Waals surface area contributed by atoms with E-state index in [9.17, 15) is 0 Å². The Labute approximate surface area is 117 Å². The molecule has 0 saturated heterocycles. The highest BCUT2D eigenvalue weighted by Gasteiger charge is 2.07. The summed E-state index contributed by atoms with van der Waals surface area (Å²) in [5, 5.41) is 15.8. The average Bonchev–Trinajstić information content (AvgIpc) is 2.85. The van der Waals surface area contributed by atoms with Gasteiger partial charge < -0.3 is 5.32 Å². The number of aryl methyl sites for hydroxylation is 2. The second kappa shape index (κ2) is 6.68. The second-order valence-corrected chi connectivity index (χ2v) is 5.45. The van der Waals surface area contributed by atoms with E-state index < -0.39 is 0 Å². The van der Waals surface area contributed by atoms with Crippen LogP contribution in [-0.2, 0) is 12.3 Å². The molecule has 0 atom stereocenters. The molecule has 0 aliphatic rings. The van der Waals surface area contributed by atoms with Gasteiger partial charge in [-0.05, 0) is 42.4 Å². The number of nitrogens with one attached hydrogen (secondary N) is 1. The Kier molecular flexibility index (Phi) is 4.93. The highest BCUT2D eigenvalue weighted by molar-refractivity contribution is 7.98. The molecule has 1 heterocycles. The summed E-state index contributed by atoms with van der Waals surface area (Å²) in [7, 11) is 1.92. The van der Waals surface area contributed by atoms with Crippen molar-refractivity contribution in [3.8, 4) is 0 Å². The molecule has 6 heteroatoms. The molecular weight excluding hydrogens is 258 g/mol. The highest BCUT2D eigenvalue weighted by atomic mass is 32.2. The molecule has 0 bridgehead atoms. The van der Waals surface area contributed by atoms with Crippen molar-refractivity contribution in [1.82, 2.24) is 25.5 Å². The van der Waals surface area contributed by atoms with Crippen LogP contribution in [-0.4, -0.2) is 33.8 Å². The Balaban J connectivity index is 2.02. The van der Waals surface area contributed by atoms with Crippen molar-refractivity contribution in [3.63, 3.8) is 0 Å². The molecule has 0 saturated carbocycles. The number of tetrazole rings is 1. The number of hydrogen-bond donors (Lipinski definition) is 1. The Morgan fingerprint density at radius 3 is 2.95 bits per heavy atom. The molecule has 2 aromatic rings. The van der Waals surface area contributed by atoms with Gasteiger partial charge in [0, 0.05) is 12.3 Å². The quantitative estimate of drug-likeness (QED) is 0.816. The van der Waals surface area contributed by atoms with Gasteiger partial charge in [0.2, 0.25) is 5.16 Å². The lowest BCUT2D eigenvalue weighted by Crippen LogP contribution is -2.16. The minimum Gasteiger partial charge on any atom is -0.318 e. The van der Waals surface area contributed by atoms with Crippen LogP contribution >= 0.6 is 11.8 Å². The molecule has 0 aliphatic heterocycles. The third kappa shape index (κ3) is 3.78. The van der Waals surface area contributed by atoms with Crippen molar-refractivity contribution in [1.29, 1.82) is 0 Å². The normalized spacial score (nSPS) is 10.9. The largest absolute Gasteiger partial charge is 0.318 e. The van der Waals surface area contributed by atoms with Crippen molar-refractivity contribution in [2.24, 2.45) is 0 Å². The Bertz CT molecular complexity index is 538. The molecule has 0 amide bonds. The molecule has 2 rings (SSSR count). The Morgan fingerprint density at radius 2 is 2.16 bits per heavy atom. The number of rotatable bonds is 6. The fourth-order valence-electron chi connectivity index (χ4n) is 1.76. The van der Waals surface area contributed by atoms with E-state index in [0.717, 1.165) is 24.0 Å². The van der Waals surface area contributed by atoms with Crippen molar-refractivity contribution in [3.05, 3.63) is 34.9 Å². The molecule has 0 fully saturated rings. The maximum Gasteiger partial charge on any atom is 0.209 e. The Hall–Kier alpha value is -1.40. The van der Waals surface area contributed by atoms with Gasteiger partial charge in [0.15, 0.2) is 0 Å². The summed E-state index contributed by atoms with van der Waals surface area (Å²) in [4.78, 5) is 0. The summed E-state index contributed by atoms with van der Waals surface area (Å²) in [6, 6.07) is 6.53. The summed E-state index contributed by atoms with van der Waals surface area (Å²) < 4.78 is 1.84. The van der Waals surface area contributed by atoms with Gasteiger partial charge in [-0.15, -0.1) is 5.10 Å². The molecule has 1 aromatic heterocycles. The number of aromatic nitrogens is 4. The maximum absolute atomic E-state index is 4.07. The predicted octanol–water partition coefficient (Wildman–Crippen LogP) is 1.80. The zero-order valence-corrected chi connectivity index (χ0v) is 12.4. The highest BCUT2D eigenvalue weighted by Crippen LogP contribution is 2.22. The standard InChI is InChI=1S/C13H19N5S/c1-10-4-5-11(2)12(8-10)9-19-13-15-16-17-18(13)7-6-14-3/h4-5,8,14H,6-7,9H2,1-3H3. The molecule has 1 aromatic carbocycles. The topological polar surface area (TPSA) is 55.6 Å². The Morgan fingerprint density at radius 1 is 1.32 bits per heavy atom. The number of nitrogens with zero attached hydrogens (tertiary/aromatic N) is 4. The first-order chi connectivity index (χ1) is 9.20. The summed E-state index contributed by atoms with van der Waals surface area (Å²) >= 11 is 1.68. The zero-order chi connectivity index (χ0) is 13.7. The van der Waals surface area contributed by atoms with Crippen molar-refractivity contribution in [2.75, 3.05) is 13.6 Å². The van der Waals surface area contributed by atoms with Gasteiger partial charge >= 0.3 is 0 Å². The van der Waals surface area contributed by atoms with Crippen LogP contribution in [0.4, 0.5) is 0 Å². The fraction of sp³-hybridized carbons (Fsp3) is 0.462. The van der Waals surface area contributed by atoms with E-state index in [1.54, 1.807) is 11.8 Å². The maximum atomic E-state index is 4.07. The van der Waals surface area contributed by atoms with Gasteiger partial charge in [-0.2, -0.15) is 0 Å². The lowest BCUT2D eigenvalue weighted by atomic mass is 10.1. The lowest BCUT2D eigenvalue weighted by molar-refractivity contribution is 0.530. The average molecular weight is 277 g/mol. The lowest BCUT2D eigenvalue weighted by Gasteiger charge is -2.07. The minimum absolute atomic E-state index is 0.790. The molecule has 19 heavy (non-hydrogen) atoms. The number of benzene rings is 1. The monoisotopic (exact) mass is 277 g/mol. The van der Waals surface area contributed by atoms with Crippen LogP contribution in [0.5, 0.6) is 0 Å². The summed E-state index contributed by atoms with van der Waals surface area (Å²) in [5.41, 5.74) is 3.94. The van der Waals surface area contributed by atoms with Crippen LogP contribution < -0.4 is 5.32 Å². The molecule has 0 radical (unpaired) electrons. The third-order valence-electron chi connectivity index (χ3n) is 2.93. The second-order valence-electron chi connectivity index (χ2n) is 4.51. The van der Waals surface area contributed by atoms with E-state index in [4.69, 9.17) is 0 Å². The molecule has 0 aliphatic carbocycles. The van der Waals surface area contributed by atoms with Crippen LogP contribution in [0.1, 0.15) is 16.7 Å². The van der Waals surface area contributed by atoms with E-state index in [1.165, 1.54) is 16.7 Å². The van der Waals surface area contributed by atoms with Crippen LogP contribution in [0.3, 0.4) is 0 Å². The van der Waals surface area contributed by atoms with Crippen LogP contribution in [0, 0.1) is 13.8 Å². The SMILES string of the molecule is CNCCn1nnnc1SCc1cc(C)ccc1C. The molecule has 0 spiro atoms. The van der Waals surface area contributed by atoms with Crippen LogP contribution in [0.2, 0.25) is 0 Å². The van der Waals surface area contributed by atoms with Gasteiger partial charge in [-0.1, -0.05) is 35.5 Å². The first-order valence-electron chi connectivity index (χ1n) is 6.30. The molecule has 102 valence electrons. The molecule has 0 unspecified atom stereocenters. The number of likely N-dealkylation sites (N-methyl/N-ethyl adjacent to an activating group) is 1. The van der Waals surface area contributed by atoms with E-state index in [0.29, 0.717) is 0 Å². The summed E-state index contributed by atoms with van der Waals surface area (Å²) in [5.74, 6) is 0.896. The van der Waals surface area contributed by atoms with Crippen LogP contribution in [0.15, 0.2) is 23.4 Å².